The van der Waals surface area contributed by atoms with Crippen molar-refractivity contribution < 1.29 is 22.7 Å². The summed E-state index contributed by atoms with van der Waals surface area (Å²) in [6.45, 7) is 6.79. The van der Waals surface area contributed by atoms with Crippen molar-refractivity contribution in [1.29, 1.82) is 0 Å². The van der Waals surface area contributed by atoms with Crippen LogP contribution < -0.4 is 10.2 Å². The second kappa shape index (κ2) is 8.33. The monoisotopic (exact) mass is 430 g/mol. The predicted molar refractivity (Wildman–Crippen MR) is 106 cm³/mol. The molecule has 3 rings (SSSR count). The van der Waals surface area contributed by atoms with Gasteiger partial charge in [-0.15, -0.1) is 11.3 Å². The average molecular weight is 430 g/mol. The lowest BCUT2D eigenvalue weighted by Gasteiger charge is -2.24. The highest BCUT2D eigenvalue weighted by molar-refractivity contribution is 7.18. The number of thiophene rings is 1. The normalized spacial score (nSPS) is 18.6. The fourth-order valence-corrected chi connectivity index (χ4v) is 4.38. The van der Waals surface area contributed by atoms with Crippen LogP contribution in [0.25, 0.3) is 10.2 Å². The zero-order valence-electron chi connectivity index (χ0n) is 16.7. The number of nitrogens with one attached hydrogen (secondary N) is 1. The lowest BCUT2D eigenvalue weighted by molar-refractivity contribution is -0.126. The minimum absolute atomic E-state index is 0.0181. The van der Waals surface area contributed by atoms with Crippen molar-refractivity contribution in [2.45, 2.75) is 64.3 Å². The molecule has 0 spiro atoms. The summed E-state index contributed by atoms with van der Waals surface area (Å²) in [4.78, 5) is 23.4. The van der Waals surface area contributed by atoms with Crippen molar-refractivity contribution in [3.63, 3.8) is 0 Å². The van der Waals surface area contributed by atoms with Gasteiger partial charge in [0.25, 0.3) is 0 Å². The SMILES string of the molecule is CC(C)(C)OC(=O)NC1CCCN(c2ncnc3sc(CC(F)(F)F)cc23)CC1. The molecule has 2 aromatic heterocycles. The molecule has 1 N–H and O–H groups in total. The molecule has 1 fully saturated rings. The van der Waals surface area contributed by atoms with Crippen LogP contribution in [0.1, 0.15) is 44.9 Å². The summed E-state index contributed by atoms with van der Waals surface area (Å²) in [5, 5.41) is 3.56. The van der Waals surface area contributed by atoms with Crippen molar-refractivity contribution in [3.8, 4) is 0 Å². The highest BCUT2D eigenvalue weighted by Gasteiger charge is 2.29. The van der Waals surface area contributed by atoms with Crippen molar-refractivity contribution in [2.75, 3.05) is 18.0 Å². The number of hydrogen-bond donors (Lipinski definition) is 1. The maximum atomic E-state index is 12.7. The van der Waals surface area contributed by atoms with Gasteiger partial charge in [0.05, 0.1) is 11.8 Å². The Balaban J connectivity index is 1.70. The minimum atomic E-state index is -4.25. The van der Waals surface area contributed by atoms with Gasteiger partial charge in [-0.2, -0.15) is 13.2 Å². The third-order valence-corrected chi connectivity index (χ3v) is 5.53. The number of fused-ring (bicyclic) bond motifs is 1. The molecule has 29 heavy (non-hydrogen) atoms. The van der Waals surface area contributed by atoms with E-state index in [1.54, 1.807) is 6.07 Å². The van der Waals surface area contributed by atoms with E-state index in [1.165, 1.54) is 6.33 Å². The minimum Gasteiger partial charge on any atom is -0.444 e. The van der Waals surface area contributed by atoms with Crippen LogP contribution in [0, 0.1) is 0 Å². The molecule has 1 unspecified atom stereocenters. The first kappa shape index (κ1) is 21.6. The largest absolute Gasteiger partial charge is 0.444 e. The van der Waals surface area contributed by atoms with Gasteiger partial charge in [0.1, 0.15) is 22.6 Å². The number of anilines is 1. The van der Waals surface area contributed by atoms with Gasteiger partial charge in [-0.05, 0) is 46.1 Å². The maximum Gasteiger partial charge on any atom is 0.407 e. The van der Waals surface area contributed by atoms with E-state index < -0.39 is 24.3 Å². The highest BCUT2D eigenvalue weighted by Crippen LogP contribution is 2.34. The summed E-state index contributed by atoms with van der Waals surface area (Å²) in [5.41, 5.74) is -0.555. The second-order valence-electron chi connectivity index (χ2n) is 8.18. The molecule has 6 nitrogen and oxygen atoms in total. The van der Waals surface area contributed by atoms with E-state index in [2.05, 4.69) is 20.2 Å². The van der Waals surface area contributed by atoms with Crippen LogP contribution in [-0.4, -0.2) is 47.0 Å². The highest BCUT2D eigenvalue weighted by atomic mass is 32.1. The Hall–Kier alpha value is -2.10. The van der Waals surface area contributed by atoms with Crippen molar-refractivity contribution in [2.24, 2.45) is 0 Å². The predicted octanol–water partition coefficient (Wildman–Crippen LogP) is 4.68. The van der Waals surface area contributed by atoms with Crippen molar-refractivity contribution >= 4 is 33.5 Å². The summed E-state index contributed by atoms with van der Waals surface area (Å²) in [6, 6.07) is 1.53. The van der Waals surface area contributed by atoms with E-state index in [-0.39, 0.29) is 10.9 Å². The van der Waals surface area contributed by atoms with E-state index >= 15 is 0 Å². The quantitative estimate of drug-likeness (QED) is 0.766. The van der Waals surface area contributed by atoms with Crippen LogP contribution in [-0.2, 0) is 11.2 Å². The Kier molecular flexibility index (Phi) is 6.21. The number of ether oxygens (including phenoxy) is 1. The number of hydrogen-bond acceptors (Lipinski definition) is 6. The summed E-state index contributed by atoms with van der Waals surface area (Å²) in [6.07, 6.45) is -1.93. The van der Waals surface area contributed by atoms with Gasteiger partial charge in [0, 0.05) is 24.0 Å². The summed E-state index contributed by atoms with van der Waals surface area (Å²) in [5.74, 6) is 0.651. The number of carbonyl (C=O) groups is 1. The Morgan fingerprint density at radius 3 is 2.72 bits per heavy atom. The number of carbonyl (C=O) groups excluding carboxylic acids is 1. The van der Waals surface area contributed by atoms with Gasteiger partial charge in [-0.3, -0.25) is 0 Å². The van der Waals surface area contributed by atoms with Gasteiger partial charge < -0.3 is 15.0 Å². The topological polar surface area (TPSA) is 67.3 Å². The lowest BCUT2D eigenvalue weighted by Crippen LogP contribution is -2.39. The van der Waals surface area contributed by atoms with Crippen LogP contribution in [0.4, 0.5) is 23.8 Å². The molecule has 0 saturated carbocycles. The third-order valence-electron chi connectivity index (χ3n) is 4.48. The lowest BCUT2D eigenvalue weighted by atomic mass is 10.1. The van der Waals surface area contributed by atoms with E-state index in [0.29, 0.717) is 35.5 Å². The number of halogens is 3. The van der Waals surface area contributed by atoms with Crippen molar-refractivity contribution in [3.05, 3.63) is 17.3 Å². The fraction of sp³-hybridized carbons (Fsp3) is 0.632. The van der Waals surface area contributed by atoms with Crippen molar-refractivity contribution in [1.82, 2.24) is 15.3 Å². The Bertz CT molecular complexity index is 863. The van der Waals surface area contributed by atoms with E-state index in [4.69, 9.17) is 4.74 Å². The molecule has 0 radical (unpaired) electrons. The van der Waals surface area contributed by atoms with Crippen LogP contribution in [0.2, 0.25) is 0 Å². The molecule has 1 amide bonds. The molecular weight excluding hydrogens is 405 g/mol. The number of amides is 1. The van der Waals surface area contributed by atoms with E-state index in [1.807, 2.05) is 20.8 Å². The van der Waals surface area contributed by atoms with Gasteiger partial charge in [0.2, 0.25) is 0 Å². The second-order valence-corrected chi connectivity index (χ2v) is 9.30. The first-order valence-corrected chi connectivity index (χ1v) is 10.4. The molecular formula is C19H25F3N4O2S. The molecule has 1 aliphatic rings. The van der Waals surface area contributed by atoms with E-state index in [0.717, 1.165) is 24.2 Å². The number of alkyl halides is 3. The molecule has 160 valence electrons. The van der Waals surface area contributed by atoms with Gasteiger partial charge >= 0.3 is 12.3 Å². The maximum absolute atomic E-state index is 12.7. The first-order valence-electron chi connectivity index (χ1n) is 9.55. The smallest absolute Gasteiger partial charge is 0.407 e. The van der Waals surface area contributed by atoms with Crippen LogP contribution >= 0.6 is 11.3 Å². The Morgan fingerprint density at radius 2 is 2.03 bits per heavy atom. The fourth-order valence-electron chi connectivity index (χ4n) is 3.36. The standard InChI is InChI=1S/C19H25F3N4O2S/c1-18(2,3)28-17(27)25-12-5-4-7-26(8-6-12)15-14-9-13(10-19(20,21)22)29-16(14)24-11-23-15/h9,11-12H,4-8,10H2,1-3H3,(H,25,27). The molecule has 10 heteroatoms. The number of nitrogens with zero attached hydrogens (tertiary/aromatic N) is 3. The Morgan fingerprint density at radius 1 is 1.28 bits per heavy atom. The number of rotatable bonds is 3. The molecule has 1 aliphatic heterocycles. The summed E-state index contributed by atoms with van der Waals surface area (Å²) < 4.78 is 43.6. The van der Waals surface area contributed by atoms with E-state index in [9.17, 15) is 18.0 Å². The zero-order chi connectivity index (χ0) is 21.2. The number of aromatic nitrogens is 2. The molecule has 1 saturated heterocycles. The third kappa shape index (κ3) is 6.19. The van der Waals surface area contributed by atoms with Crippen LogP contribution in [0.3, 0.4) is 0 Å². The van der Waals surface area contributed by atoms with Crippen LogP contribution in [0.5, 0.6) is 0 Å². The molecule has 0 aliphatic carbocycles. The zero-order valence-corrected chi connectivity index (χ0v) is 17.5. The van der Waals surface area contributed by atoms with Gasteiger partial charge in [-0.25, -0.2) is 14.8 Å². The Labute approximate surface area is 171 Å². The molecule has 0 aromatic carbocycles. The summed E-state index contributed by atoms with van der Waals surface area (Å²) in [7, 11) is 0. The van der Waals surface area contributed by atoms with Crippen LogP contribution in [0.15, 0.2) is 12.4 Å². The summed E-state index contributed by atoms with van der Waals surface area (Å²) >= 11 is 1.05. The molecule has 2 aromatic rings. The molecule has 1 atom stereocenters. The van der Waals surface area contributed by atoms with Gasteiger partial charge in [-0.1, -0.05) is 0 Å². The number of alkyl carbamates (subject to hydrolysis) is 1. The molecule has 0 bridgehead atoms. The first-order chi connectivity index (χ1) is 13.5. The van der Waals surface area contributed by atoms with Gasteiger partial charge in [0.15, 0.2) is 0 Å². The molecule has 3 heterocycles. The average Bonchev–Trinajstić information content (AvgIpc) is 2.81.